The van der Waals surface area contributed by atoms with E-state index in [0.29, 0.717) is 12.1 Å². The van der Waals surface area contributed by atoms with Gasteiger partial charge in [-0.15, -0.1) is 0 Å². The molecule has 1 atom stereocenters. The van der Waals surface area contributed by atoms with Gasteiger partial charge in [0.25, 0.3) is 0 Å². The Hall–Kier alpha value is -0.840. The molecule has 0 spiro atoms. The van der Waals surface area contributed by atoms with Crippen LogP contribution in [0.1, 0.15) is 32.3 Å². The van der Waals surface area contributed by atoms with E-state index >= 15 is 0 Å². The summed E-state index contributed by atoms with van der Waals surface area (Å²) in [5.74, 6) is 0.997. The first-order valence-corrected chi connectivity index (χ1v) is 7.63. The minimum Gasteiger partial charge on any atom is -0.380 e. The van der Waals surface area contributed by atoms with Crippen molar-refractivity contribution in [3.05, 3.63) is 22.8 Å². The minimum absolute atomic E-state index is 0.304. The second kappa shape index (κ2) is 7.25. The Morgan fingerprint density at radius 3 is 3.05 bits per heavy atom. The molecule has 0 aromatic carbocycles. The van der Waals surface area contributed by atoms with E-state index in [2.05, 4.69) is 35.1 Å². The van der Waals surface area contributed by atoms with Crippen molar-refractivity contribution in [2.45, 2.75) is 45.4 Å². The molecule has 2 rings (SSSR count). The Bertz CT molecular complexity index is 439. The van der Waals surface area contributed by atoms with E-state index in [4.69, 9.17) is 16.3 Å². The summed E-state index contributed by atoms with van der Waals surface area (Å²) in [5.41, 5.74) is 1.10. The van der Waals surface area contributed by atoms with Crippen molar-refractivity contribution in [3.63, 3.8) is 0 Å². The van der Waals surface area contributed by atoms with Crippen LogP contribution in [-0.4, -0.2) is 37.3 Å². The molecule has 1 aliphatic rings. The molecule has 20 heavy (non-hydrogen) atoms. The molecule has 4 nitrogen and oxygen atoms in total. The molecular formula is C15H24ClN3O. The third-order valence-corrected chi connectivity index (χ3v) is 4.00. The number of methoxy groups -OCH3 is 1. The van der Waals surface area contributed by atoms with Crippen LogP contribution < -0.4 is 10.2 Å². The van der Waals surface area contributed by atoms with Crippen LogP contribution in [0.3, 0.4) is 0 Å². The smallest absolute Gasteiger partial charge is 0.128 e. The van der Waals surface area contributed by atoms with Crippen molar-refractivity contribution in [1.29, 1.82) is 0 Å². The zero-order valence-electron chi connectivity index (χ0n) is 12.5. The molecule has 0 amide bonds. The summed E-state index contributed by atoms with van der Waals surface area (Å²) in [5, 5.41) is 4.12. The first-order chi connectivity index (χ1) is 9.60. The van der Waals surface area contributed by atoms with Crippen LogP contribution in [0, 0.1) is 0 Å². The van der Waals surface area contributed by atoms with Crippen molar-refractivity contribution in [2.24, 2.45) is 0 Å². The van der Waals surface area contributed by atoms with Crippen LogP contribution in [-0.2, 0) is 11.3 Å². The zero-order chi connectivity index (χ0) is 14.5. The average Bonchev–Trinajstić information content (AvgIpc) is 2.46. The number of pyridine rings is 1. The Morgan fingerprint density at radius 2 is 2.35 bits per heavy atom. The van der Waals surface area contributed by atoms with E-state index in [9.17, 15) is 0 Å². The predicted molar refractivity (Wildman–Crippen MR) is 83.5 cm³/mol. The minimum atomic E-state index is 0.304. The van der Waals surface area contributed by atoms with Gasteiger partial charge in [0, 0.05) is 39.0 Å². The van der Waals surface area contributed by atoms with Gasteiger partial charge in [0.1, 0.15) is 5.82 Å². The fraction of sp³-hybridized carbons (Fsp3) is 0.667. The van der Waals surface area contributed by atoms with Gasteiger partial charge >= 0.3 is 0 Å². The number of rotatable bonds is 5. The molecule has 0 saturated carbocycles. The number of hydrogen-bond acceptors (Lipinski definition) is 4. The molecule has 5 heteroatoms. The quantitative estimate of drug-likeness (QED) is 0.907. The third kappa shape index (κ3) is 4.08. The highest BCUT2D eigenvalue weighted by atomic mass is 35.5. The number of nitrogens with zero attached hydrogens (tertiary/aromatic N) is 2. The first-order valence-electron chi connectivity index (χ1n) is 7.25. The molecule has 1 aromatic rings. The van der Waals surface area contributed by atoms with E-state index in [1.165, 1.54) is 0 Å². The summed E-state index contributed by atoms with van der Waals surface area (Å²) in [6.45, 7) is 6.97. The van der Waals surface area contributed by atoms with Gasteiger partial charge in [-0.3, -0.25) is 0 Å². The lowest BCUT2D eigenvalue weighted by Gasteiger charge is -2.33. The maximum atomic E-state index is 6.23. The first kappa shape index (κ1) is 15.5. The molecule has 1 fully saturated rings. The van der Waals surface area contributed by atoms with Crippen molar-refractivity contribution in [1.82, 2.24) is 10.3 Å². The lowest BCUT2D eigenvalue weighted by molar-refractivity contribution is 0.0891. The molecule has 1 aliphatic heterocycles. The van der Waals surface area contributed by atoms with Gasteiger partial charge in [-0.25, -0.2) is 4.98 Å². The summed E-state index contributed by atoms with van der Waals surface area (Å²) in [6.07, 6.45) is 4.33. The second-order valence-corrected chi connectivity index (χ2v) is 6.02. The average molecular weight is 298 g/mol. The molecule has 2 heterocycles. The maximum absolute atomic E-state index is 6.23. The molecule has 1 unspecified atom stereocenters. The van der Waals surface area contributed by atoms with Gasteiger partial charge in [-0.1, -0.05) is 25.4 Å². The molecule has 0 radical (unpaired) electrons. The number of halogens is 1. The summed E-state index contributed by atoms with van der Waals surface area (Å²) in [4.78, 5) is 6.75. The number of anilines is 1. The van der Waals surface area contributed by atoms with E-state index < -0.39 is 0 Å². The van der Waals surface area contributed by atoms with Crippen LogP contribution >= 0.6 is 11.6 Å². The largest absolute Gasteiger partial charge is 0.380 e. The fourth-order valence-corrected chi connectivity index (χ4v) is 2.60. The highest BCUT2D eigenvalue weighted by Gasteiger charge is 2.21. The lowest BCUT2D eigenvalue weighted by atomic mass is 10.1. The molecule has 0 aliphatic carbocycles. The summed E-state index contributed by atoms with van der Waals surface area (Å²) < 4.78 is 5.47. The summed E-state index contributed by atoms with van der Waals surface area (Å²) in [7, 11) is 1.78. The maximum Gasteiger partial charge on any atom is 0.128 e. The van der Waals surface area contributed by atoms with Crippen LogP contribution in [0.2, 0.25) is 5.02 Å². The van der Waals surface area contributed by atoms with Crippen molar-refractivity contribution in [3.8, 4) is 0 Å². The standard InChI is InChI=1S/C15H24ClN3O/c1-11(2)17-8-12-7-15(18-9-14(12)16)19-6-4-5-13(10-19)20-3/h7,9,11,13,17H,4-6,8,10H2,1-3H3. The highest BCUT2D eigenvalue weighted by Crippen LogP contribution is 2.24. The molecule has 1 N–H and O–H groups in total. The van der Waals surface area contributed by atoms with E-state index in [1.54, 1.807) is 13.3 Å². The van der Waals surface area contributed by atoms with Gasteiger partial charge in [0.05, 0.1) is 11.1 Å². The number of aromatic nitrogens is 1. The monoisotopic (exact) mass is 297 g/mol. The Labute approximate surface area is 126 Å². The highest BCUT2D eigenvalue weighted by molar-refractivity contribution is 6.31. The Morgan fingerprint density at radius 1 is 1.55 bits per heavy atom. The molecule has 1 saturated heterocycles. The van der Waals surface area contributed by atoms with Gasteiger partial charge in [0.15, 0.2) is 0 Å². The van der Waals surface area contributed by atoms with Gasteiger partial charge < -0.3 is 15.0 Å². The second-order valence-electron chi connectivity index (χ2n) is 5.62. The third-order valence-electron chi connectivity index (χ3n) is 3.66. The SMILES string of the molecule is COC1CCCN(c2cc(CNC(C)C)c(Cl)cn2)C1. The topological polar surface area (TPSA) is 37.4 Å². The molecule has 0 bridgehead atoms. The lowest BCUT2D eigenvalue weighted by Crippen LogP contribution is -2.39. The predicted octanol–water partition coefficient (Wildman–Crippen LogP) is 2.85. The van der Waals surface area contributed by atoms with E-state index in [0.717, 1.165) is 48.9 Å². The number of ether oxygens (including phenoxy) is 1. The Kier molecular flexibility index (Phi) is 5.64. The van der Waals surface area contributed by atoms with Crippen LogP contribution in [0.25, 0.3) is 0 Å². The van der Waals surface area contributed by atoms with Crippen LogP contribution in [0.5, 0.6) is 0 Å². The van der Waals surface area contributed by atoms with Gasteiger partial charge in [0.2, 0.25) is 0 Å². The fourth-order valence-electron chi connectivity index (χ4n) is 2.43. The molecule has 112 valence electrons. The number of hydrogen-bond donors (Lipinski definition) is 1. The number of piperidine rings is 1. The summed E-state index contributed by atoms with van der Waals surface area (Å²) in [6, 6.07) is 2.53. The Balaban J connectivity index is 2.09. The van der Waals surface area contributed by atoms with E-state index in [1.807, 2.05) is 0 Å². The van der Waals surface area contributed by atoms with Crippen molar-refractivity contribution >= 4 is 17.4 Å². The molecule has 1 aromatic heterocycles. The van der Waals surface area contributed by atoms with Gasteiger partial charge in [-0.05, 0) is 24.5 Å². The van der Waals surface area contributed by atoms with Gasteiger partial charge in [-0.2, -0.15) is 0 Å². The van der Waals surface area contributed by atoms with E-state index in [-0.39, 0.29) is 0 Å². The number of nitrogens with one attached hydrogen (secondary N) is 1. The van der Waals surface area contributed by atoms with Crippen molar-refractivity contribution < 1.29 is 4.74 Å². The normalized spacial score (nSPS) is 19.6. The molecular weight excluding hydrogens is 274 g/mol. The zero-order valence-corrected chi connectivity index (χ0v) is 13.3. The summed E-state index contributed by atoms with van der Waals surface area (Å²) >= 11 is 6.23. The van der Waals surface area contributed by atoms with Crippen molar-refractivity contribution in [2.75, 3.05) is 25.1 Å². The van der Waals surface area contributed by atoms with Crippen LogP contribution in [0.15, 0.2) is 12.3 Å². The van der Waals surface area contributed by atoms with Crippen LogP contribution in [0.4, 0.5) is 5.82 Å².